The second-order valence-corrected chi connectivity index (χ2v) is 9.67. The van der Waals surface area contributed by atoms with Gasteiger partial charge in [-0.1, -0.05) is 6.07 Å². The number of nitriles is 1. The van der Waals surface area contributed by atoms with Gasteiger partial charge in [-0.3, -0.25) is 14.5 Å². The molecule has 176 valence electrons. The van der Waals surface area contributed by atoms with Gasteiger partial charge in [-0.25, -0.2) is 0 Å². The molecule has 10 heteroatoms. The van der Waals surface area contributed by atoms with Crippen LogP contribution >= 0.6 is 11.8 Å². The largest absolute Gasteiger partial charge is 0.496 e. The van der Waals surface area contributed by atoms with Crippen LogP contribution in [0.3, 0.4) is 0 Å². The maximum atomic E-state index is 13.2. The van der Waals surface area contributed by atoms with Gasteiger partial charge in [0, 0.05) is 35.2 Å². The van der Waals surface area contributed by atoms with E-state index in [1.54, 1.807) is 23.8 Å². The van der Waals surface area contributed by atoms with Crippen LogP contribution in [0.5, 0.6) is 5.75 Å². The number of hydrogen-bond acceptors (Lipinski definition) is 7. The molecule has 5 atom stereocenters. The zero-order chi connectivity index (χ0) is 23.5. The van der Waals surface area contributed by atoms with Gasteiger partial charge in [0.1, 0.15) is 18.0 Å². The Balaban J connectivity index is 1.51. The third-order valence-electron chi connectivity index (χ3n) is 6.55. The maximum Gasteiger partial charge on any atom is 0.238 e. The summed E-state index contributed by atoms with van der Waals surface area (Å²) in [6.45, 7) is 1.14. The van der Waals surface area contributed by atoms with E-state index in [1.165, 1.54) is 0 Å². The number of carbonyl (C=O) groups is 2. The van der Waals surface area contributed by atoms with Crippen molar-refractivity contribution in [1.29, 1.82) is 5.26 Å². The number of amides is 2. The van der Waals surface area contributed by atoms with Crippen molar-refractivity contribution in [2.45, 2.75) is 42.8 Å². The van der Waals surface area contributed by atoms with E-state index in [2.05, 4.69) is 21.7 Å². The number of aliphatic hydroxyl groups is 1. The highest BCUT2D eigenvalue weighted by Gasteiger charge is 2.41. The Kier molecular flexibility index (Phi) is 7.12. The number of aromatic amines is 1. The number of carbonyl (C=O) groups excluding carboxylic acids is 2. The SMILES string of the molecule is COc1cccc2[nH]c(C(O)N3C[C@H](SC)C[C@H]3C(=O)N[C@H](C#N)C[C@@H]3CCNC3=O)cc12. The van der Waals surface area contributed by atoms with Crippen LogP contribution in [-0.4, -0.2) is 70.6 Å². The number of aliphatic hydroxyl groups excluding tert-OH is 1. The number of fused-ring (bicyclic) bond motifs is 1. The monoisotopic (exact) mass is 471 g/mol. The van der Waals surface area contributed by atoms with Gasteiger partial charge in [-0.15, -0.1) is 0 Å². The van der Waals surface area contributed by atoms with Crippen molar-refractivity contribution in [3.05, 3.63) is 30.0 Å². The fourth-order valence-electron chi connectivity index (χ4n) is 4.73. The van der Waals surface area contributed by atoms with E-state index in [0.717, 1.165) is 10.9 Å². The lowest BCUT2D eigenvalue weighted by molar-refractivity contribution is -0.130. The molecular weight excluding hydrogens is 442 g/mol. The first-order valence-electron chi connectivity index (χ1n) is 11.0. The molecule has 9 nitrogen and oxygen atoms in total. The van der Waals surface area contributed by atoms with E-state index in [1.807, 2.05) is 30.5 Å². The average molecular weight is 472 g/mol. The fourth-order valence-corrected chi connectivity index (χ4v) is 5.43. The first kappa shape index (κ1) is 23.4. The highest BCUT2D eigenvalue weighted by atomic mass is 32.2. The highest BCUT2D eigenvalue weighted by molar-refractivity contribution is 7.99. The number of benzene rings is 1. The molecule has 0 saturated carbocycles. The molecule has 3 heterocycles. The van der Waals surface area contributed by atoms with Crippen molar-refractivity contribution < 1.29 is 19.4 Å². The smallest absolute Gasteiger partial charge is 0.238 e. The van der Waals surface area contributed by atoms with E-state index >= 15 is 0 Å². The predicted octanol–water partition coefficient (Wildman–Crippen LogP) is 1.51. The number of rotatable bonds is 8. The molecule has 0 aliphatic carbocycles. The van der Waals surface area contributed by atoms with Gasteiger partial charge in [0.2, 0.25) is 11.8 Å². The zero-order valence-corrected chi connectivity index (χ0v) is 19.5. The first-order chi connectivity index (χ1) is 15.9. The summed E-state index contributed by atoms with van der Waals surface area (Å²) in [5, 5.41) is 27.4. The Morgan fingerprint density at radius 2 is 2.30 bits per heavy atom. The molecule has 0 spiro atoms. The minimum absolute atomic E-state index is 0.0703. The molecule has 4 N–H and O–H groups in total. The number of methoxy groups -OCH3 is 1. The summed E-state index contributed by atoms with van der Waals surface area (Å²) in [5.74, 6) is 0.0663. The van der Waals surface area contributed by atoms with Crippen LogP contribution in [0.25, 0.3) is 10.9 Å². The highest BCUT2D eigenvalue weighted by Crippen LogP contribution is 2.35. The molecule has 2 aliphatic rings. The van der Waals surface area contributed by atoms with E-state index in [4.69, 9.17) is 4.74 Å². The molecule has 2 saturated heterocycles. The summed E-state index contributed by atoms with van der Waals surface area (Å²) >= 11 is 1.65. The summed E-state index contributed by atoms with van der Waals surface area (Å²) in [6.07, 6.45) is 2.49. The van der Waals surface area contributed by atoms with Gasteiger partial charge >= 0.3 is 0 Å². The number of nitrogens with zero attached hydrogens (tertiary/aromatic N) is 2. The van der Waals surface area contributed by atoms with Crippen LogP contribution in [0.2, 0.25) is 0 Å². The van der Waals surface area contributed by atoms with Crippen molar-refractivity contribution in [3.63, 3.8) is 0 Å². The average Bonchev–Trinajstić information content (AvgIpc) is 3.55. The number of ether oxygens (including phenoxy) is 1. The fraction of sp³-hybridized carbons (Fsp3) is 0.522. The standard InChI is InChI=1S/C23H29N5O4S/c1-32-20-5-3-4-17-16(20)10-18(27-17)23(31)28-12-15(33-2)9-19(28)22(30)26-14(11-24)8-13-6-7-25-21(13)29/h3-5,10,13-15,19,23,27,31H,6-9,12H2,1-2H3,(H,25,29)(H,26,30)/t13-,14-,15+,19-,23?/m0/s1. The van der Waals surface area contributed by atoms with Crippen LogP contribution in [0.4, 0.5) is 0 Å². The molecule has 2 aromatic rings. The molecule has 2 aliphatic heterocycles. The first-order valence-corrected chi connectivity index (χ1v) is 12.3. The van der Waals surface area contributed by atoms with Crippen LogP contribution in [-0.2, 0) is 9.59 Å². The second-order valence-electron chi connectivity index (χ2n) is 8.53. The number of thioether (sulfide) groups is 1. The molecule has 4 rings (SSSR count). The van der Waals surface area contributed by atoms with E-state index in [0.29, 0.717) is 37.4 Å². The van der Waals surface area contributed by atoms with E-state index in [9.17, 15) is 20.0 Å². The van der Waals surface area contributed by atoms with Crippen molar-refractivity contribution in [1.82, 2.24) is 20.5 Å². The number of hydrogen-bond donors (Lipinski definition) is 4. The molecule has 33 heavy (non-hydrogen) atoms. The molecule has 2 amide bonds. The van der Waals surface area contributed by atoms with Crippen LogP contribution in [0.15, 0.2) is 24.3 Å². The Morgan fingerprint density at radius 1 is 1.48 bits per heavy atom. The molecular formula is C23H29N5O4S. The summed E-state index contributed by atoms with van der Waals surface area (Å²) in [7, 11) is 1.60. The number of aromatic nitrogens is 1. The summed E-state index contributed by atoms with van der Waals surface area (Å²) in [4.78, 5) is 30.1. The molecule has 0 bridgehead atoms. The lowest BCUT2D eigenvalue weighted by atomic mass is 9.99. The van der Waals surface area contributed by atoms with Gasteiger partial charge in [-0.2, -0.15) is 17.0 Å². The Hall–Kier alpha value is -2.74. The van der Waals surface area contributed by atoms with Crippen molar-refractivity contribution in [2.75, 3.05) is 26.5 Å². The topological polar surface area (TPSA) is 130 Å². The maximum absolute atomic E-state index is 13.2. The van der Waals surface area contributed by atoms with E-state index in [-0.39, 0.29) is 29.4 Å². The third kappa shape index (κ3) is 4.81. The van der Waals surface area contributed by atoms with Crippen LogP contribution in [0.1, 0.15) is 31.2 Å². The van der Waals surface area contributed by atoms with Gasteiger partial charge in [-0.05, 0) is 43.7 Å². The third-order valence-corrected chi connectivity index (χ3v) is 7.56. The normalized spacial score (nSPS) is 24.9. The second kappa shape index (κ2) is 10.0. The molecule has 1 aromatic carbocycles. The number of nitrogens with one attached hydrogen (secondary N) is 3. The van der Waals surface area contributed by atoms with Crippen LogP contribution in [0, 0.1) is 17.2 Å². The molecule has 2 fully saturated rings. The molecule has 1 aromatic heterocycles. The van der Waals surface area contributed by atoms with Crippen molar-refractivity contribution in [2.24, 2.45) is 5.92 Å². The molecule has 0 radical (unpaired) electrons. The van der Waals surface area contributed by atoms with Gasteiger partial charge in [0.05, 0.1) is 24.9 Å². The number of likely N-dealkylation sites (tertiary alicyclic amines) is 1. The minimum atomic E-state index is -1.02. The van der Waals surface area contributed by atoms with Crippen LogP contribution < -0.4 is 15.4 Å². The zero-order valence-electron chi connectivity index (χ0n) is 18.7. The van der Waals surface area contributed by atoms with Gasteiger partial charge < -0.3 is 25.5 Å². The van der Waals surface area contributed by atoms with E-state index < -0.39 is 18.3 Å². The molecule has 1 unspecified atom stereocenters. The minimum Gasteiger partial charge on any atom is -0.496 e. The van der Waals surface area contributed by atoms with Crippen molar-refractivity contribution >= 4 is 34.5 Å². The summed E-state index contributed by atoms with van der Waals surface area (Å²) in [5.41, 5.74) is 1.41. The number of H-pyrrole nitrogens is 1. The quantitative estimate of drug-likeness (QED) is 0.459. The lowest BCUT2D eigenvalue weighted by Gasteiger charge is -2.28. The van der Waals surface area contributed by atoms with Gasteiger partial charge in [0.15, 0.2) is 0 Å². The Bertz CT molecular complexity index is 1070. The summed E-state index contributed by atoms with van der Waals surface area (Å²) in [6, 6.07) is 8.26. The Morgan fingerprint density at radius 3 is 2.97 bits per heavy atom. The Labute approximate surface area is 196 Å². The lowest BCUT2D eigenvalue weighted by Crippen LogP contribution is -2.48. The van der Waals surface area contributed by atoms with Gasteiger partial charge in [0.25, 0.3) is 0 Å². The predicted molar refractivity (Wildman–Crippen MR) is 126 cm³/mol. The summed E-state index contributed by atoms with van der Waals surface area (Å²) < 4.78 is 5.42. The van der Waals surface area contributed by atoms with Crippen molar-refractivity contribution in [3.8, 4) is 11.8 Å².